The number of aromatic nitrogens is 3. The van der Waals surface area contributed by atoms with E-state index in [-0.39, 0.29) is 24.0 Å². The molecule has 6 nitrogen and oxygen atoms in total. The molecule has 0 radical (unpaired) electrons. The van der Waals surface area contributed by atoms with Gasteiger partial charge in [-0.25, -0.2) is 4.99 Å². The number of hydrogen-bond acceptors (Lipinski definition) is 3. The highest BCUT2D eigenvalue weighted by molar-refractivity contribution is 14.0. The maximum Gasteiger partial charge on any atom is 0.191 e. The van der Waals surface area contributed by atoms with E-state index in [1.54, 1.807) is 0 Å². The van der Waals surface area contributed by atoms with Crippen molar-refractivity contribution in [3.63, 3.8) is 0 Å². The minimum absolute atomic E-state index is 0. The predicted molar refractivity (Wildman–Crippen MR) is 114 cm³/mol. The summed E-state index contributed by atoms with van der Waals surface area (Å²) in [5, 5.41) is 15.5. The molecule has 1 aromatic rings. The van der Waals surface area contributed by atoms with Crippen LogP contribution in [0.2, 0.25) is 0 Å². The molecule has 0 aromatic carbocycles. The van der Waals surface area contributed by atoms with Gasteiger partial charge in [0.25, 0.3) is 0 Å². The first-order valence-corrected chi connectivity index (χ1v) is 9.71. The Morgan fingerprint density at radius 2 is 2.04 bits per heavy atom. The van der Waals surface area contributed by atoms with E-state index in [4.69, 9.17) is 4.99 Å². The van der Waals surface area contributed by atoms with Crippen LogP contribution in [0.5, 0.6) is 0 Å². The Kier molecular flexibility index (Phi) is 11.1. The highest BCUT2D eigenvalue weighted by Crippen LogP contribution is 2.14. The first-order valence-electron chi connectivity index (χ1n) is 9.71. The van der Waals surface area contributed by atoms with Crippen LogP contribution >= 0.6 is 24.0 Å². The lowest BCUT2D eigenvalue weighted by Gasteiger charge is -2.18. The summed E-state index contributed by atoms with van der Waals surface area (Å²) in [5.41, 5.74) is 0. The van der Waals surface area contributed by atoms with Crippen molar-refractivity contribution in [3.8, 4) is 0 Å². The van der Waals surface area contributed by atoms with E-state index >= 15 is 0 Å². The van der Waals surface area contributed by atoms with E-state index < -0.39 is 0 Å². The van der Waals surface area contributed by atoms with Gasteiger partial charge in [0.1, 0.15) is 12.4 Å². The highest BCUT2D eigenvalue weighted by Gasteiger charge is 2.15. The molecule has 144 valence electrons. The van der Waals surface area contributed by atoms with Gasteiger partial charge in [0.15, 0.2) is 11.8 Å². The molecule has 2 rings (SSSR count). The second kappa shape index (κ2) is 12.5. The topological polar surface area (TPSA) is 67.1 Å². The molecule has 0 aliphatic carbocycles. The number of nitrogens with one attached hydrogen (secondary N) is 2. The molecule has 1 aliphatic heterocycles. The van der Waals surface area contributed by atoms with Crippen LogP contribution in [0, 0.1) is 5.92 Å². The fourth-order valence-electron chi connectivity index (χ4n) is 3.16. The summed E-state index contributed by atoms with van der Waals surface area (Å²) in [7, 11) is 0. The molecule has 1 unspecified atom stereocenters. The van der Waals surface area contributed by atoms with Crippen molar-refractivity contribution < 1.29 is 0 Å². The van der Waals surface area contributed by atoms with Crippen LogP contribution in [0.4, 0.5) is 0 Å². The SMILES string of the molecule is CCCCC(CC)CNC(=NCc1nnc2n1CCCC2)NCC.I. The Bertz CT molecular complexity index is 514. The third kappa shape index (κ3) is 7.11. The van der Waals surface area contributed by atoms with Crippen molar-refractivity contribution in [1.82, 2.24) is 25.4 Å². The van der Waals surface area contributed by atoms with Gasteiger partial charge in [-0.1, -0.05) is 33.1 Å². The van der Waals surface area contributed by atoms with Gasteiger partial charge < -0.3 is 15.2 Å². The zero-order valence-corrected chi connectivity index (χ0v) is 18.4. The molecule has 0 saturated heterocycles. The van der Waals surface area contributed by atoms with E-state index in [0.29, 0.717) is 6.54 Å². The summed E-state index contributed by atoms with van der Waals surface area (Å²) in [5.74, 6) is 3.71. The molecule has 1 aromatic heterocycles. The van der Waals surface area contributed by atoms with Gasteiger partial charge in [0.05, 0.1) is 0 Å². The number of nitrogens with zero attached hydrogens (tertiary/aromatic N) is 4. The van der Waals surface area contributed by atoms with Gasteiger partial charge in [0.2, 0.25) is 0 Å². The van der Waals surface area contributed by atoms with Gasteiger partial charge >= 0.3 is 0 Å². The second-order valence-corrected chi connectivity index (χ2v) is 6.63. The van der Waals surface area contributed by atoms with Crippen LogP contribution in [0.25, 0.3) is 0 Å². The van der Waals surface area contributed by atoms with E-state index in [9.17, 15) is 0 Å². The summed E-state index contributed by atoms with van der Waals surface area (Å²) >= 11 is 0. The molecule has 0 saturated carbocycles. The fourth-order valence-corrected chi connectivity index (χ4v) is 3.16. The first-order chi connectivity index (χ1) is 11.8. The predicted octanol–water partition coefficient (Wildman–Crippen LogP) is 3.50. The van der Waals surface area contributed by atoms with Crippen molar-refractivity contribution in [2.24, 2.45) is 10.9 Å². The van der Waals surface area contributed by atoms with Crippen LogP contribution in [0.15, 0.2) is 4.99 Å². The van der Waals surface area contributed by atoms with E-state index in [0.717, 1.165) is 49.6 Å². The molecule has 2 heterocycles. The number of unbranched alkanes of at least 4 members (excludes halogenated alkanes) is 1. The van der Waals surface area contributed by atoms with Gasteiger partial charge in [-0.2, -0.15) is 0 Å². The van der Waals surface area contributed by atoms with Crippen molar-refractivity contribution in [2.75, 3.05) is 13.1 Å². The lowest BCUT2D eigenvalue weighted by Crippen LogP contribution is -2.39. The number of hydrogen-bond donors (Lipinski definition) is 2. The highest BCUT2D eigenvalue weighted by atomic mass is 127. The molecule has 2 N–H and O–H groups in total. The average Bonchev–Trinajstić information content (AvgIpc) is 3.03. The van der Waals surface area contributed by atoms with Crippen LogP contribution in [-0.2, 0) is 19.5 Å². The zero-order chi connectivity index (χ0) is 17.2. The second-order valence-electron chi connectivity index (χ2n) is 6.63. The molecule has 0 spiro atoms. The average molecular weight is 462 g/mol. The molecule has 1 atom stereocenters. The van der Waals surface area contributed by atoms with E-state index in [1.165, 1.54) is 38.5 Å². The lowest BCUT2D eigenvalue weighted by atomic mass is 9.99. The number of aliphatic imine (C=N–C) groups is 1. The Morgan fingerprint density at radius 3 is 2.76 bits per heavy atom. The van der Waals surface area contributed by atoms with Gasteiger partial charge in [-0.3, -0.25) is 0 Å². The van der Waals surface area contributed by atoms with Crippen LogP contribution in [0.1, 0.15) is 70.9 Å². The summed E-state index contributed by atoms with van der Waals surface area (Å²) < 4.78 is 2.24. The molecule has 7 heteroatoms. The van der Waals surface area contributed by atoms with Gasteiger partial charge in [-0.15, -0.1) is 34.2 Å². The minimum Gasteiger partial charge on any atom is -0.357 e. The monoisotopic (exact) mass is 462 g/mol. The van der Waals surface area contributed by atoms with Crippen molar-refractivity contribution in [3.05, 3.63) is 11.6 Å². The molecule has 25 heavy (non-hydrogen) atoms. The van der Waals surface area contributed by atoms with E-state index in [2.05, 4.69) is 46.2 Å². The Labute approximate surface area is 169 Å². The van der Waals surface area contributed by atoms with Crippen LogP contribution < -0.4 is 10.6 Å². The Hall–Kier alpha value is -0.860. The maximum absolute atomic E-state index is 4.72. The van der Waals surface area contributed by atoms with Crippen molar-refractivity contribution in [2.45, 2.75) is 78.8 Å². The van der Waals surface area contributed by atoms with Crippen molar-refractivity contribution >= 4 is 29.9 Å². The summed E-state index contributed by atoms with van der Waals surface area (Å²) in [6, 6.07) is 0. The smallest absolute Gasteiger partial charge is 0.191 e. The lowest BCUT2D eigenvalue weighted by molar-refractivity contribution is 0.443. The van der Waals surface area contributed by atoms with Crippen molar-refractivity contribution in [1.29, 1.82) is 0 Å². The normalized spacial score (nSPS) is 15.2. The third-order valence-corrected chi connectivity index (χ3v) is 4.76. The molecule has 0 amide bonds. The largest absolute Gasteiger partial charge is 0.357 e. The standard InChI is InChI=1S/C18H34N6.HI/c1-4-7-10-15(5-2)13-20-18(19-6-3)21-14-17-23-22-16-11-8-9-12-24(16)17;/h15H,4-14H2,1-3H3,(H2,19,20,21);1H. The number of rotatable bonds is 9. The Balaban J connectivity index is 0.00000312. The number of guanidine groups is 1. The molecule has 1 aliphatic rings. The van der Waals surface area contributed by atoms with Crippen LogP contribution in [0.3, 0.4) is 0 Å². The van der Waals surface area contributed by atoms with Gasteiger partial charge in [-0.05, 0) is 32.1 Å². The third-order valence-electron chi connectivity index (χ3n) is 4.76. The summed E-state index contributed by atoms with van der Waals surface area (Å²) in [6.45, 7) is 10.1. The quantitative estimate of drug-likeness (QED) is 0.335. The summed E-state index contributed by atoms with van der Waals surface area (Å²) in [4.78, 5) is 4.72. The minimum atomic E-state index is 0. The number of fused-ring (bicyclic) bond motifs is 1. The fraction of sp³-hybridized carbons (Fsp3) is 0.833. The molecular formula is C18H35IN6. The Morgan fingerprint density at radius 1 is 1.20 bits per heavy atom. The summed E-state index contributed by atoms with van der Waals surface area (Å²) in [6.07, 6.45) is 8.56. The van der Waals surface area contributed by atoms with E-state index in [1.807, 2.05) is 0 Å². The number of halogens is 1. The zero-order valence-electron chi connectivity index (χ0n) is 16.1. The first kappa shape index (κ1) is 22.2. The molecule has 0 bridgehead atoms. The maximum atomic E-state index is 4.72. The molecular weight excluding hydrogens is 427 g/mol. The molecule has 0 fully saturated rings. The van der Waals surface area contributed by atoms with Crippen LogP contribution in [-0.4, -0.2) is 33.8 Å². The number of aryl methyl sites for hydroxylation is 1. The van der Waals surface area contributed by atoms with Gasteiger partial charge in [0, 0.05) is 26.1 Å².